The van der Waals surface area contributed by atoms with Crippen LogP contribution in [-0.4, -0.2) is 42.5 Å². The first-order valence-corrected chi connectivity index (χ1v) is 9.43. The van der Waals surface area contributed by atoms with E-state index in [0.717, 1.165) is 25.3 Å². The molecule has 0 atom stereocenters. The zero-order chi connectivity index (χ0) is 14.8. The van der Waals surface area contributed by atoms with E-state index in [2.05, 4.69) is 9.88 Å². The molecule has 1 aromatic heterocycles. The summed E-state index contributed by atoms with van der Waals surface area (Å²) >= 11 is 0. The Morgan fingerprint density at radius 3 is 2.50 bits per heavy atom. The molecule has 0 unspecified atom stereocenters. The van der Waals surface area contributed by atoms with E-state index >= 15 is 0 Å². The highest BCUT2D eigenvalue weighted by molar-refractivity contribution is 8.13. The molecule has 1 fully saturated rings. The predicted octanol–water partition coefficient (Wildman–Crippen LogP) is 2.42. The molecule has 0 saturated carbocycles. The van der Waals surface area contributed by atoms with Crippen molar-refractivity contribution in [2.75, 3.05) is 19.6 Å². The predicted molar refractivity (Wildman–Crippen MR) is 79.6 cm³/mol. The Morgan fingerprint density at radius 1 is 1.30 bits per heavy atom. The standard InChI is InChI=1S/C13H22ClN3O2S/c1-11(2)13-15-12(20(14,18)19)10-17(13)9-5-8-16-6-3-4-7-16/h10-11H,3-9H2,1-2H3. The molecule has 0 radical (unpaired) electrons. The van der Waals surface area contributed by atoms with Crippen LogP contribution < -0.4 is 0 Å². The minimum Gasteiger partial charge on any atom is -0.333 e. The van der Waals surface area contributed by atoms with Crippen molar-refractivity contribution in [3.8, 4) is 0 Å². The van der Waals surface area contributed by atoms with Crippen LogP contribution in [0.1, 0.15) is 44.9 Å². The molecule has 0 bridgehead atoms. The lowest BCUT2D eigenvalue weighted by molar-refractivity contribution is 0.324. The van der Waals surface area contributed by atoms with E-state index in [-0.39, 0.29) is 10.9 Å². The largest absolute Gasteiger partial charge is 0.333 e. The minimum atomic E-state index is -3.75. The summed E-state index contributed by atoms with van der Waals surface area (Å²) < 4.78 is 24.7. The van der Waals surface area contributed by atoms with Gasteiger partial charge in [-0.3, -0.25) is 0 Å². The Balaban J connectivity index is 2.03. The highest BCUT2D eigenvalue weighted by atomic mass is 35.7. The van der Waals surface area contributed by atoms with Gasteiger partial charge in [-0.2, -0.15) is 0 Å². The first-order chi connectivity index (χ1) is 9.38. The molecule has 2 heterocycles. The molecular formula is C13H22ClN3O2S. The van der Waals surface area contributed by atoms with E-state index in [0.29, 0.717) is 0 Å². The fourth-order valence-electron chi connectivity index (χ4n) is 2.63. The number of rotatable bonds is 6. The lowest BCUT2D eigenvalue weighted by Gasteiger charge is -2.15. The molecule has 0 aromatic carbocycles. The van der Waals surface area contributed by atoms with E-state index < -0.39 is 9.05 Å². The van der Waals surface area contributed by atoms with Crippen LogP contribution in [0.4, 0.5) is 0 Å². The van der Waals surface area contributed by atoms with Crippen molar-refractivity contribution in [2.45, 2.75) is 50.6 Å². The Morgan fingerprint density at radius 2 is 1.95 bits per heavy atom. The van der Waals surface area contributed by atoms with E-state index in [1.165, 1.54) is 25.9 Å². The maximum Gasteiger partial charge on any atom is 0.280 e. The van der Waals surface area contributed by atoms with Crippen molar-refractivity contribution in [3.05, 3.63) is 12.0 Å². The van der Waals surface area contributed by atoms with Crippen LogP contribution in [0.2, 0.25) is 0 Å². The molecule has 1 aliphatic rings. The lowest BCUT2D eigenvalue weighted by atomic mass is 10.2. The number of nitrogens with zero attached hydrogens (tertiary/aromatic N) is 3. The Hall–Kier alpha value is -0.590. The van der Waals surface area contributed by atoms with Gasteiger partial charge in [0.05, 0.1) is 0 Å². The van der Waals surface area contributed by atoms with Gasteiger partial charge in [0.2, 0.25) is 0 Å². The van der Waals surface area contributed by atoms with Crippen molar-refractivity contribution in [1.29, 1.82) is 0 Å². The molecule has 7 heteroatoms. The smallest absolute Gasteiger partial charge is 0.280 e. The van der Waals surface area contributed by atoms with E-state index in [9.17, 15) is 8.42 Å². The molecule has 0 aliphatic carbocycles. The van der Waals surface area contributed by atoms with Crippen molar-refractivity contribution in [3.63, 3.8) is 0 Å². The quantitative estimate of drug-likeness (QED) is 0.756. The Bertz CT molecular complexity index is 548. The molecular weight excluding hydrogens is 298 g/mol. The third-order valence-corrected chi connectivity index (χ3v) is 4.79. The Labute approximate surface area is 125 Å². The molecule has 0 spiro atoms. The van der Waals surface area contributed by atoms with Crippen molar-refractivity contribution >= 4 is 19.7 Å². The van der Waals surface area contributed by atoms with Gasteiger partial charge in [0.25, 0.3) is 9.05 Å². The van der Waals surface area contributed by atoms with E-state index in [1.54, 1.807) is 6.20 Å². The summed E-state index contributed by atoms with van der Waals surface area (Å²) in [5.41, 5.74) is 0. The number of aryl methyl sites for hydroxylation is 1. The molecule has 5 nitrogen and oxygen atoms in total. The van der Waals surface area contributed by atoms with Crippen molar-refractivity contribution in [2.24, 2.45) is 0 Å². The summed E-state index contributed by atoms with van der Waals surface area (Å²) in [6.45, 7) is 8.21. The van der Waals surface area contributed by atoms with Gasteiger partial charge in [-0.1, -0.05) is 13.8 Å². The number of hydrogen-bond acceptors (Lipinski definition) is 4. The van der Waals surface area contributed by atoms with Crippen LogP contribution in [0, 0.1) is 0 Å². The second kappa shape index (κ2) is 6.45. The summed E-state index contributed by atoms with van der Waals surface area (Å²) in [6, 6.07) is 0. The van der Waals surface area contributed by atoms with Crippen LogP contribution in [0.15, 0.2) is 11.2 Å². The molecule has 1 aliphatic heterocycles. The van der Waals surface area contributed by atoms with E-state index in [4.69, 9.17) is 10.7 Å². The summed E-state index contributed by atoms with van der Waals surface area (Å²) in [6.07, 6.45) is 5.13. The third kappa shape index (κ3) is 3.96. The maximum absolute atomic E-state index is 11.4. The SMILES string of the molecule is CC(C)c1nc(S(=O)(=O)Cl)cn1CCCN1CCCC1. The van der Waals surface area contributed by atoms with Gasteiger partial charge in [-0.05, 0) is 38.9 Å². The van der Waals surface area contributed by atoms with Gasteiger partial charge in [0.15, 0.2) is 5.03 Å². The van der Waals surface area contributed by atoms with Crippen LogP contribution in [0.5, 0.6) is 0 Å². The van der Waals surface area contributed by atoms with Crippen molar-refractivity contribution < 1.29 is 8.42 Å². The minimum absolute atomic E-state index is 0.0379. The van der Waals surface area contributed by atoms with Crippen LogP contribution >= 0.6 is 10.7 Å². The molecule has 1 aromatic rings. The fourth-order valence-corrected chi connectivity index (χ4v) is 3.31. The molecule has 20 heavy (non-hydrogen) atoms. The average molecular weight is 320 g/mol. The van der Waals surface area contributed by atoms with Crippen LogP contribution in [0.3, 0.4) is 0 Å². The molecule has 0 N–H and O–H groups in total. The fraction of sp³-hybridized carbons (Fsp3) is 0.769. The molecule has 2 rings (SSSR count). The van der Waals surface area contributed by atoms with Gasteiger partial charge in [0, 0.05) is 29.3 Å². The first kappa shape index (κ1) is 15.8. The van der Waals surface area contributed by atoms with Gasteiger partial charge in [-0.15, -0.1) is 0 Å². The first-order valence-electron chi connectivity index (χ1n) is 7.12. The topological polar surface area (TPSA) is 55.2 Å². The normalized spacial score (nSPS) is 17.2. The van der Waals surface area contributed by atoms with Crippen LogP contribution in [0.25, 0.3) is 0 Å². The number of hydrogen-bond donors (Lipinski definition) is 0. The summed E-state index contributed by atoms with van der Waals surface area (Å²) in [7, 11) is 1.63. The highest BCUT2D eigenvalue weighted by Crippen LogP contribution is 2.20. The zero-order valence-electron chi connectivity index (χ0n) is 12.0. The van der Waals surface area contributed by atoms with Gasteiger partial charge in [-0.25, -0.2) is 13.4 Å². The summed E-state index contributed by atoms with van der Waals surface area (Å²) in [5.74, 6) is 0.958. The number of likely N-dealkylation sites (tertiary alicyclic amines) is 1. The molecule has 0 amide bonds. The van der Waals surface area contributed by atoms with Gasteiger partial charge < -0.3 is 9.47 Å². The monoisotopic (exact) mass is 319 g/mol. The Kier molecular flexibility index (Phi) is 5.09. The zero-order valence-corrected chi connectivity index (χ0v) is 13.6. The van der Waals surface area contributed by atoms with Crippen LogP contribution in [-0.2, 0) is 15.6 Å². The summed E-state index contributed by atoms with van der Waals surface area (Å²) in [5, 5.41) is -0.0379. The maximum atomic E-state index is 11.4. The number of imidazole rings is 1. The molecule has 1 saturated heterocycles. The number of halogens is 1. The third-order valence-electron chi connectivity index (χ3n) is 3.62. The second-order valence-corrected chi connectivity index (χ2v) is 8.14. The second-order valence-electron chi connectivity index (χ2n) is 5.63. The lowest BCUT2D eigenvalue weighted by Crippen LogP contribution is -2.21. The van der Waals surface area contributed by atoms with E-state index in [1.807, 2.05) is 18.4 Å². The molecule has 114 valence electrons. The van der Waals surface area contributed by atoms with Crippen molar-refractivity contribution in [1.82, 2.24) is 14.5 Å². The summed E-state index contributed by atoms with van der Waals surface area (Å²) in [4.78, 5) is 6.61. The highest BCUT2D eigenvalue weighted by Gasteiger charge is 2.19. The van der Waals surface area contributed by atoms with Gasteiger partial charge >= 0.3 is 0 Å². The average Bonchev–Trinajstić information content (AvgIpc) is 2.96. The van der Waals surface area contributed by atoms with Gasteiger partial charge in [0.1, 0.15) is 5.82 Å². The number of aromatic nitrogens is 2.